The zero-order chi connectivity index (χ0) is 20.9. The number of aryl methyl sites for hydroxylation is 1. The minimum absolute atomic E-state index is 0.0775. The van der Waals surface area contributed by atoms with Gasteiger partial charge in [-0.3, -0.25) is 24.3 Å². The summed E-state index contributed by atoms with van der Waals surface area (Å²) >= 11 is 1.61. The van der Waals surface area contributed by atoms with Crippen LogP contribution in [0.5, 0.6) is 0 Å². The Morgan fingerprint density at radius 1 is 1.13 bits per heavy atom. The fourth-order valence-corrected chi connectivity index (χ4v) is 5.15. The molecule has 158 valence electrons. The summed E-state index contributed by atoms with van der Waals surface area (Å²) in [6.07, 6.45) is 8.89. The molecule has 4 rings (SSSR count). The van der Waals surface area contributed by atoms with Crippen LogP contribution in [0.3, 0.4) is 0 Å². The maximum Gasteiger partial charge on any atom is 0.233 e. The third-order valence-electron chi connectivity index (χ3n) is 5.91. The van der Waals surface area contributed by atoms with Crippen LogP contribution in [0.15, 0.2) is 29.9 Å². The van der Waals surface area contributed by atoms with Gasteiger partial charge in [0.05, 0.1) is 22.5 Å². The zero-order valence-electron chi connectivity index (χ0n) is 16.9. The molecule has 3 amide bonds. The SMILES string of the molecule is O=C(CCN1C(=O)C2CCCCC2C1=O)NCCCc1nc(-c2ccncc2)cs1. The summed E-state index contributed by atoms with van der Waals surface area (Å²) in [6, 6.07) is 3.87. The summed E-state index contributed by atoms with van der Waals surface area (Å²) in [5, 5.41) is 5.96. The number of carbonyl (C=O) groups excluding carboxylic acids is 3. The summed E-state index contributed by atoms with van der Waals surface area (Å²) in [6.45, 7) is 0.744. The van der Waals surface area contributed by atoms with Crippen molar-refractivity contribution in [2.75, 3.05) is 13.1 Å². The molecule has 2 fully saturated rings. The van der Waals surface area contributed by atoms with Crippen molar-refractivity contribution in [3.05, 3.63) is 34.9 Å². The number of amides is 3. The number of hydrogen-bond donors (Lipinski definition) is 1. The van der Waals surface area contributed by atoms with E-state index in [1.165, 1.54) is 4.90 Å². The normalized spacial score (nSPS) is 21.0. The molecule has 2 atom stereocenters. The quantitative estimate of drug-likeness (QED) is 0.518. The molecule has 1 saturated heterocycles. The Morgan fingerprint density at radius 3 is 2.53 bits per heavy atom. The smallest absolute Gasteiger partial charge is 0.233 e. The summed E-state index contributed by atoms with van der Waals surface area (Å²) in [4.78, 5) is 47.0. The molecule has 2 unspecified atom stereocenters. The summed E-state index contributed by atoms with van der Waals surface area (Å²) in [7, 11) is 0. The van der Waals surface area contributed by atoms with Crippen LogP contribution >= 0.6 is 11.3 Å². The molecule has 1 aliphatic carbocycles. The van der Waals surface area contributed by atoms with Gasteiger partial charge in [0.25, 0.3) is 0 Å². The van der Waals surface area contributed by atoms with E-state index in [-0.39, 0.29) is 42.5 Å². The second-order valence-electron chi connectivity index (χ2n) is 7.89. The molecule has 0 radical (unpaired) electrons. The van der Waals surface area contributed by atoms with Crippen LogP contribution in [-0.4, -0.2) is 45.7 Å². The second kappa shape index (κ2) is 9.47. The van der Waals surface area contributed by atoms with E-state index in [4.69, 9.17) is 0 Å². The lowest BCUT2D eigenvalue weighted by molar-refractivity contribution is -0.140. The third-order valence-corrected chi connectivity index (χ3v) is 6.82. The van der Waals surface area contributed by atoms with Crippen molar-refractivity contribution in [2.45, 2.75) is 44.9 Å². The van der Waals surface area contributed by atoms with E-state index in [1.54, 1.807) is 23.7 Å². The lowest BCUT2D eigenvalue weighted by atomic mass is 9.81. The van der Waals surface area contributed by atoms with Crippen molar-refractivity contribution < 1.29 is 14.4 Å². The van der Waals surface area contributed by atoms with Crippen molar-refractivity contribution >= 4 is 29.1 Å². The largest absolute Gasteiger partial charge is 0.356 e. The molecule has 1 aliphatic heterocycles. The van der Waals surface area contributed by atoms with Gasteiger partial charge in [0.1, 0.15) is 0 Å². The highest BCUT2D eigenvalue weighted by Gasteiger charge is 2.47. The summed E-state index contributed by atoms with van der Waals surface area (Å²) < 4.78 is 0. The number of pyridine rings is 1. The van der Waals surface area contributed by atoms with Crippen LogP contribution in [0.25, 0.3) is 11.3 Å². The van der Waals surface area contributed by atoms with Crippen molar-refractivity contribution in [2.24, 2.45) is 11.8 Å². The number of nitrogens with zero attached hydrogens (tertiary/aromatic N) is 3. The number of hydrogen-bond acceptors (Lipinski definition) is 6. The molecule has 3 heterocycles. The zero-order valence-corrected chi connectivity index (χ0v) is 17.7. The van der Waals surface area contributed by atoms with Crippen molar-refractivity contribution in [1.82, 2.24) is 20.2 Å². The second-order valence-corrected chi connectivity index (χ2v) is 8.83. The predicted octanol–water partition coefficient (Wildman–Crippen LogP) is 2.82. The maximum atomic E-state index is 12.4. The molecule has 1 saturated carbocycles. The Bertz CT molecular complexity index is 890. The van der Waals surface area contributed by atoms with Crippen molar-refractivity contribution in [1.29, 1.82) is 0 Å². The van der Waals surface area contributed by atoms with Gasteiger partial charge in [-0.05, 0) is 31.4 Å². The Balaban J connectivity index is 1.17. The monoisotopic (exact) mass is 426 g/mol. The highest BCUT2D eigenvalue weighted by molar-refractivity contribution is 7.09. The average Bonchev–Trinajstić information content (AvgIpc) is 3.34. The summed E-state index contributed by atoms with van der Waals surface area (Å²) in [5.41, 5.74) is 1.99. The first kappa shape index (κ1) is 20.7. The molecular formula is C22H26N4O3S. The van der Waals surface area contributed by atoms with Crippen LogP contribution in [0.1, 0.15) is 43.5 Å². The molecule has 2 aromatic rings. The van der Waals surface area contributed by atoms with Crippen molar-refractivity contribution in [3.8, 4) is 11.3 Å². The predicted molar refractivity (Wildman–Crippen MR) is 113 cm³/mol. The fourth-order valence-electron chi connectivity index (χ4n) is 4.30. The highest BCUT2D eigenvalue weighted by Crippen LogP contribution is 2.37. The first-order valence-corrected chi connectivity index (χ1v) is 11.5. The molecule has 30 heavy (non-hydrogen) atoms. The maximum absolute atomic E-state index is 12.4. The Labute approximate surface area is 179 Å². The number of thiazole rings is 1. The number of fused-ring (bicyclic) bond motifs is 1. The van der Waals surface area contributed by atoms with Crippen LogP contribution in [0.4, 0.5) is 0 Å². The van der Waals surface area contributed by atoms with Gasteiger partial charge >= 0.3 is 0 Å². The van der Waals surface area contributed by atoms with E-state index < -0.39 is 0 Å². The van der Waals surface area contributed by atoms with Gasteiger partial charge in [-0.2, -0.15) is 0 Å². The molecule has 1 N–H and O–H groups in total. The van der Waals surface area contributed by atoms with Gasteiger partial charge in [-0.25, -0.2) is 4.98 Å². The molecule has 2 aromatic heterocycles. The minimum atomic E-state index is -0.148. The molecular weight excluding hydrogens is 400 g/mol. The Hall–Kier alpha value is -2.61. The van der Waals surface area contributed by atoms with E-state index in [0.29, 0.717) is 6.54 Å². The number of rotatable bonds is 8. The van der Waals surface area contributed by atoms with Gasteiger partial charge in [-0.1, -0.05) is 12.8 Å². The molecule has 0 bridgehead atoms. The molecule has 0 spiro atoms. The highest BCUT2D eigenvalue weighted by atomic mass is 32.1. The average molecular weight is 427 g/mol. The van der Waals surface area contributed by atoms with E-state index in [1.807, 2.05) is 17.5 Å². The lowest BCUT2D eigenvalue weighted by Gasteiger charge is -2.19. The van der Waals surface area contributed by atoms with Crippen LogP contribution in [-0.2, 0) is 20.8 Å². The van der Waals surface area contributed by atoms with Gasteiger partial charge < -0.3 is 5.32 Å². The number of aromatic nitrogens is 2. The lowest BCUT2D eigenvalue weighted by Crippen LogP contribution is -2.35. The standard InChI is InChI=1S/C22H26N4O3S/c27-19(9-13-26-21(28)16-4-1-2-5-17(16)22(26)29)24-10-3-6-20-25-18(14-30-20)15-7-11-23-12-8-15/h7-8,11-12,14,16-17H,1-6,9-10,13H2,(H,24,27). The molecule has 2 aliphatic rings. The van der Waals surface area contributed by atoms with Gasteiger partial charge in [0.2, 0.25) is 17.7 Å². The Morgan fingerprint density at radius 2 is 1.83 bits per heavy atom. The van der Waals surface area contributed by atoms with E-state index >= 15 is 0 Å². The van der Waals surface area contributed by atoms with Gasteiger partial charge in [0, 0.05) is 49.3 Å². The van der Waals surface area contributed by atoms with E-state index in [0.717, 1.165) is 54.8 Å². The first-order valence-electron chi connectivity index (χ1n) is 10.6. The van der Waals surface area contributed by atoms with Gasteiger partial charge in [0.15, 0.2) is 0 Å². The van der Waals surface area contributed by atoms with Crippen LogP contribution in [0, 0.1) is 11.8 Å². The van der Waals surface area contributed by atoms with Crippen molar-refractivity contribution in [3.63, 3.8) is 0 Å². The number of likely N-dealkylation sites (tertiary alicyclic amines) is 1. The molecule has 7 nitrogen and oxygen atoms in total. The Kier molecular flexibility index (Phi) is 6.52. The van der Waals surface area contributed by atoms with Gasteiger partial charge in [-0.15, -0.1) is 11.3 Å². The minimum Gasteiger partial charge on any atom is -0.356 e. The van der Waals surface area contributed by atoms with Crippen LogP contribution < -0.4 is 5.32 Å². The van der Waals surface area contributed by atoms with Crippen LogP contribution in [0.2, 0.25) is 0 Å². The molecule has 0 aromatic carbocycles. The van der Waals surface area contributed by atoms with E-state index in [2.05, 4.69) is 15.3 Å². The topological polar surface area (TPSA) is 92.3 Å². The third kappa shape index (κ3) is 4.59. The number of nitrogens with one attached hydrogen (secondary N) is 1. The number of imide groups is 1. The summed E-state index contributed by atoms with van der Waals surface area (Å²) in [5.74, 6) is -0.575. The molecule has 8 heteroatoms. The first-order chi connectivity index (χ1) is 14.6. The van der Waals surface area contributed by atoms with E-state index in [9.17, 15) is 14.4 Å². The fraction of sp³-hybridized carbons (Fsp3) is 0.500. The number of carbonyl (C=O) groups is 3.